The summed E-state index contributed by atoms with van der Waals surface area (Å²) in [6.07, 6.45) is 6.39. The van der Waals surface area contributed by atoms with Crippen LogP contribution < -0.4 is 5.32 Å². The molecule has 3 heteroatoms. The van der Waals surface area contributed by atoms with Gasteiger partial charge in [-0.2, -0.15) is 0 Å². The lowest BCUT2D eigenvalue weighted by Gasteiger charge is -2.25. The van der Waals surface area contributed by atoms with Crippen LogP contribution in [0.25, 0.3) is 0 Å². The van der Waals surface area contributed by atoms with Crippen molar-refractivity contribution >= 4 is 12.1 Å². The van der Waals surface area contributed by atoms with E-state index in [1.807, 2.05) is 19.9 Å². The van der Waals surface area contributed by atoms with Crippen molar-refractivity contribution in [3.63, 3.8) is 0 Å². The van der Waals surface area contributed by atoms with Gasteiger partial charge in [-0.1, -0.05) is 39.8 Å². The molecule has 0 radical (unpaired) electrons. The fourth-order valence-corrected chi connectivity index (χ4v) is 1.66. The van der Waals surface area contributed by atoms with Gasteiger partial charge in [-0.25, -0.2) is 0 Å². The number of nitrogens with zero attached hydrogens (tertiary/aromatic N) is 1. The summed E-state index contributed by atoms with van der Waals surface area (Å²) in [5.74, 6) is 0.505. The van der Waals surface area contributed by atoms with E-state index in [9.17, 15) is 4.79 Å². The molecule has 2 rings (SSSR count). The van der Waals surface area contributed by atoms with Crippen LogP contribution in [0.15, 0.2) is 28.4 Å². The zero-order chi connectivity index (χ0) is 13.1. The van der Waals surface area contributed by atoms with Gasteiger partial charge in [-0.3, -0.25) is 9.79 Å². The Morgan fingerprint density at radius 3 is 2.65 bits per heavy atom. The molecule has 0 spiro atoms. The summed E-state index contributed by atoms with van der Waals surface area (Å²) in [7, 11) is 0. The van der Waals surface area contributed by atoms with Crippen LogP contribution in [0.2, 0.25) is 0 Å². The normalized spacial score (nSPS) is 26.4. The minimum Gasteiger partial charge on any atom is -0.324 e. The van der Waals surface area contributed by atoms with Crippen LogP contribution in [0.4, 0.5) is 0 Å². The van der Waals surface area contributed by atoms with E-state index >= 15 is 0 Å². The van der Waals surface area contributed by atoms with Gasteiger partial charge >= 0.3 is 0 Å². The lowest BCUT2D eigenvalue weighted by molar-refractivity contribution is -0.118. The van der Waals surface area contributed by atoms with Crippen molar-refractivity contribution in [3.05, 3.63) is 23.4 Å². The van der Waals surface area contributed by atoms with Crippen molar-refractivity contribution in [1.82, 2.24) is 5.32 Å². The molecule has 0 saturated heterocycles. The number of carbonyl (C=O) groups is 1. The molecule has 1 amide bonds. The Kier molecular flexibility index (Phi) is 4.27. The number of nitrogens with one attached hydrogen (secondary N) is 1. The van der Waals surface area contributed by atoms with Gasteiger partial charge in [0.05, 0.1) is 17.7 Å². The van der Waals surface area contributed by atoms with Gasteiger partial charge in [-0.05, 0) is 18.4 Å². The third-order valence-corrected chi connectivity index (χ3v) is 3.23. The van der Waals surface area contributed by atoms with Gasteiger partial charge < -0.3 is 5.32 Å². The third-order valence-electron chi connectivity index (χ3n) is 3.23. The fraction of sp³-hybridized carbons (Fsp3) is 0.571. The molecule has 94 valence electrons. The Hall–Kier alpha value is -1.38. The van der Waals surface area contributed by atoms with Gasteiger partial charge in [0.25, 0.3) is 0 Å². The Bertz CT molecular complexity index is 361. The monoisotopic (exact) mass is 234 g/mol. The highest BCUT2D eigenvalue weighted by Crippen LogP contribution is 2.28. The van der Waals surface area contributed by atoms with Crippen LogP contribution in [0.3, 0.4) is 0 Å². The lowest BCUT2D eigenvalue weighted by Crippen LogP contribution is -2.27. The Balaban J connectivity index is 0.000000686. The summed E-state index contributed by atoms with van der Waals surface area (Å²) < 4.78 is 0. The van der Waals surface area contributed by atoms with E-state index < -0.39 is 0 Å². The van der Waals surface area contributed by atoms with E-state index in [0.29, 0.717) is 12.3 Å². The molecular weight excluding hydrogens is 212 g/mol. The number of amides is 1. The van der Waals surface area contributed by atoms with Gasteiger partial charge in [0, 0.05) is 6.21 Å². The van der Waals surface area contributed by atoms with Crippen molar-refractivity contribution in [2.45, 2.75) is 46.6 Å². The average molecular weight is 234 g/mol. The van der Waals surface area contributed by atoms with Crippen molar-refractivity contribution < 1.29 is 4.79 Å². The van der Waals surface area contributed by atoms with Gasteiger partial charge in [0.2, 0.25) is 5.91 Å². The highest BCUT2D eigenvalue weighted by molar-refractivity contribution is 5.96. The molecule has 0 fully saturated rings. The number of rotatable bonds is 1. The van der Waals surface area contributed by atoms with Crippen molar-refractivity contribution in [2.24, 2.45) is 10.9 Å². The minimum atomic E-state index is -0.158. The summed E-state index contributed by atoms with van der Waals surface area (Å²) in [6, 6.07) is 0. The zero-order valence-electron chi connectivity index (χ0n) is 11.4. The topological polar surface area (TPSA) is 41.5 Å². The Morgan fingerprint density at radius 1 is 1.41 bits per heavy atom. The third kappa shape index (κ3) is 2.84. The predicted octanol–water partition coefficient (Wildman–Crippen LogP) is 2.84. The average Bonchev–Trinajstić information content (AvgIpc) is 2.59. The van der Waals surface area contributed by atoms with Crippen molar-refractivity contribution in [3.8, 4) is 0 Å². The molecule has 0 aromatic rings. The van der Waals surface area contributed by atoms with Crippen LogP contribution in [0.5, 0.6) is 0 Å². The number of hydrogen-bond donors (Lipinski definition) is 1. The van der Waals surface area contributed by atoms with Gasteiger partial charge in [0.1, 0.15) is 0 Å². The number of aliphatic imine (C=N–C) groups is 1. The number of hydrogen-bond acceptors (Lipinski definition) is 2. The molecule has 0 aliphatic carbocycles. The molecule has 2 aliphatic rings. The van der Waals surface area contributed by atoms with Crippen LogP contribution in [-0.2, 0) is 4.79 Å². The van der Waals surface area contributed by atoms with Gasteiger partial charge in [0.15, 0.2) is 0 Å². The SMILES string of the molecule is CC.CC(C)C1(C)C=CC2=C(C=N1)NC(=O)C2. The van der Waals surface area contributed by atoms with E-state index in [0.717, 1.165) is 11.3 Å². The molecule has 17 heavy (non-hydrogen) atoms. The molecule has 0 saturated carbocycles. The first-order valence-corrected chi connectivity index (χ1v) is 6.29. The summed E-state index contributed by atoms with van der Waals surface area (Å²) in [5, 5.41) is 2.81. The summed E-state index contributed by atoms with van der Waals surface area (Å²) in [4.78, 5) is 15.7. The maximum atomic E-state index is 11.2. The largest absolute Gasteiger partial charge is 0.324 e. The van der Waals surface area contributed by atoms with Crippen molar-refractivity contribution in [1.29, 1.82) is 0 Å². The highest BCUT2D eigenvalue weighted by atomic mass is 16.1. The van der Waals surface area contributed by atoms with E-state index in [1.54, 1.807) is 6.21 Å². The second kappa shape index (κ2) is 5.30. The van der Waals surface area contributed by atoms with Crippen LogP contribution in [-0.4, -0.2) is 17.7 Å². The summed E-state index contributed by atoms with van der Waals surface area (Å²) in [5.41, 5.74) is 1.75. The molecule has 0 aromatic carbocycles. The van der Waals surface area contributed by atoms with E-state index in [1.165, 1.54) is 0 Å². The molecule has 0 aromatic heterocycles. The smallest absolute Gasteiger partial charge is 0.228 e. The quantitative estimate of drug-likeness (QED) is 0.744. The van der Waals surface area contributed by atoms with Crippen LogP contribution in [0.1, 0.15) is 41.0 Å². The standard InChI is InChI=1S/C12H16N2O.C2H6/c1-8(2)12(3)5-4-9-6-11(15)14-10(9)7-13-12;1-2/h4-5,7-8H,6H2,1-3H3,(H,14,15);1-2H3. The maximum Gasteiger partial charge on any atom is 0.228 e. The molecular formula is C14H22N2O. The molecule has 2 aliphatic heterocycles. The highest BCUT2D eigenvalue weighted by Gasteiger charge is 2.27. The molecule has 1 N–H and O–H groups in total. The Morgan fingerprint density at radius 2 is 2.06 bits per heavy atom. The predicted molar refractivity (Wildman–Crippen MR) is 72.0 cm³/mol. The second-order valence-corrected chi connectivity index (χ2v) is 4.64. The van der Waals surface area contributed by atoms with E-state index in [-0.39, 0.29) is 11.4 Å². The number of carbonyl (C=O) groups excluding carboxylic acids is 1. The molecule has 1 atom stereocenters. The molecule has 0 bridgehead atoms. The first-order valence-electron chi connectivity index (χ1n) is 6.29. The van der Waals surface area contributed by atoms with Crippen LogP contribution in [0, 0.1) is 5.92 Å². The zero-order valence-corrected chi connectivity index (χ0v) is 11.4. The van der Waals surface area contributed by atoms with Crippen molar-refractivity contribution in [2.75, 3.05) is 0 Å². The summed E-state index contributed by atoms with van der Waals surface area (Å²) >= 11 is 0. The van der Waals surface area contributed by atoms with Crippen LogP contribution >= 0.6 is 0 Å². The first kappa shape index (κ1) is 13.7. The first-order chi connectivity index (χ1) is 8.01. The number of allylic oxidation sites excluding steroid dienone is 2. The Labute approximate surface area is 104 Å². The fourth-order valence-electron chi connectivity index (χ4n) is 1.66. The molecule has 1 unspecified atom stereocenters. The minimum absolute atomic E-state index is 0.0595. The second-order valence-electron chi connectivity index (χ2n) is 4.64. The molecule has 2 heterocycles. The lowest BCUT2D eigenvalue weighted by atomic mass is 9.88. The molecule has 3 nitrogen and oxygen atoms in total. The van der Waals surface area contributed by atoms with Gasteiger partial charge in [-0.15, -0.1) is 0 Å². The van der Waals surface area contributed by atoms with E-state index in [2.05, 4.69) is 37.2 Å². The van der Waals surface area contributed by atoms with E-state index in [4.69, 9.17) is 0 Å². The maximum absolute atomic E-state index is 11.2. The summed E-state index contributed by atoms with van der Waals surface area (Å²) in [6.45, 7) is 10.4.